The van der Waals surface area contributed by atoms with E-state index in [1.54, 1.807) is 19.2 Å². The van der Waals surface area contributed by atoms with Crippen LogP contribution in [0.5, 0.6) is 0 Å². The minimum Gasteiger partial charge on any atom is -0.449 e. The van der Waals surface area contributed by atoms with Gasteiger partial charge in [-0.1, -0.05) is 24.3 Å². The molecule has 33 heavy (non-hydrogen) atoms. The Kier molecular flexibility index (Phi) is 11.3. The first-order chi connectivity index (χ1) is 16.0. The first-order valence-corrected chi connectivity index (χ1v) is 10.6. The van der Waals surface area contributed by atoms with Crippen molar-refractivity contribution in [1.29, 1.82) is 0 Å². The SMILES string of the molecule is COCCCOC(=O)OCCCOC(=O)Nc1ccc(Cc2ccc(NC(C)=O)cc2)cc1. The van der Waals surface area contributed by atoms with Crippen molar-refractivity contribution >= 4 is 29.5 Å². The van der Waals surface area contributed by atoms with Crippen LogP contribution in [0.4, 0.5) is 21.0 Å². The van der Waals surface area contributed by atoms with Crippen molar-refractivity contribution in [3.8, 4) is 0 Å². The Bertz CT molecular complexity index is 883. The molecule has 0 aliphatic heterocycles. The minimum atomic E-state index is -0.751. The number of ether oxygens (including phenoxy) is 4. The lowest BCUT2D eigenvalue weighted by Gasteiger charge is -2.09. The zero-order valence-corrected chi connectivity index (χ0v) is 18.9. The predicted molar refractivity (Wildman–Crippen MR) is 123 cm³/mol. The fourth-order valence-corrected chi connectivity index (χ4v) is 2.78. The summed E-state index contributed by atoms with van der Waals surface area (Å²) in [4.78, 5) is 34.3. The number of hydrogen-bond acceptors (Lipinski definition) is 7. The zero-order valence-electron chi connectivity index (χ0n) is 18.9. The smallest absolute Gasteiger partial charge is 0.449 e. The molecule has 0 aliphatic carbocycles. The highest BCUT2D eigenvalue weighted by Crippen LogP contribution is 2.16. The van der Waals surface area contributed by atoms with Crippen molar-refractivity contribution in [2.24, 2.45) is 0 Å². The predicted octanol–water partition coefficient (Wildman–Crippen LogP) is 4.36. The van der Waals surface area contributed by atoms with Gasteiger partial charge in [-0.2, -0.15) is 0 Å². The van der Waals surface area contributed by atoms with Gasteiger partial charge in [0.05, 0.1) is 19.8 Å². The summed E-state index contributed by atoms with van der Waals surface area (Å²) < 4.78 is 19.6. The van der Waals surface area contributed by atoms with Crippen LogP contribution in [0.25, 0.3) is 0 Å². The third kappa shape index (κ3) is 11.0. The van der Waals surface area contributed by atoms with Crippen LogP contribution in [0, 0.1) is 0 Å². The average Bonchev–Trinajstić information content (AvgIpc) is 2.79. The molecule has 0 spiro atoms. The molecule has 0 saturated heterocycles. The van der Waals surface area contributed by atoms with E-state index in [2.05, 4.69) is 10.6 Å². The van der Waals surface area contributed by atoms with E-state index >= 15 is 0 Å². The summed E-state index contributed by atoms with van der Waals surface area (Å²) in [7, 11) is 1.57. The Balaban J connectivity index is 1.63. The van der Waals surface area contributed by atoms with E-state index < -0.39 is 12.2 Å². The van der Waals surface area contributed by atoms with Crippen molar-refractivity contribution in [3.63, 3.8) is 0 Å². The second kappa shape index (κ2) is 14.5. The normalized spacial score (nSPS) is 10.2. The van der Waals surface area contributed by atoms with Crippen LogP contribution in [0.15, 0.2) is 48.5 Å². The summed E-state index contributed by atoms with van der Waals surface area (Å²) in [5.41, 5.74) is 3.55. The third-order valence-corrected chi connectivity index (χ3v) is 4.34. The fraction of sp³-hybridized carbons (Fsp3) is 0.375. The summed E-state index contributed by atoms with van der Waals surface area (Å²) >= 11 is 0. The van der Waals surface area contributed by atoms with E-state index in [0.29, 0.717) is 25.1 Å². The molecule has 0 radical (unpaired) electrons. The fourth-order valence-electron chi connectivity index (χ4n) is 2.78. The van der Waals surface area contributed by atoms with E-state index in [1.807, 2.05) is 36.4 Å². The molecule has 0 saturated carbocycles. The largest absolute Gasteiger partial charge is 0.508 e. The Labute approximate surface area is 193 Å². The number of hydrogen-bond donors (Lipinski definition) is 2. The van der Waals surface area contributed by atoms with Gasteiger partial charge in [-0.25, -0.2) is 9.59 Å². The molecule has 2 N–H and O–H groups in total. The molecule has 0 unspecified atom stereocenters. The lowest BCUT2D eigenvalue weighted by molar-refractivity contribution is -0.114. The minimum absolute atomic E-state index is 0.0941. The number of methoxy groups -OCH3 is 1. The molecule has 0 bridgehead atoms. The third-order valence-electron chi connectivity index (χ3n) is 4.34. The standard InChI is InChI=1S/C24H30N2O7/c1-18(27)25-21-9-5-19(6-10-21)17-20-7-11-22(12-8-20)26-23(28)31-14-4-16-33-24(29)32-15-3-13-30-2/h5-12H,3-4,13-17H2,1-2H3,(H,25,27)(H,26,28). The molecule has 2 aromatic rings. The van der Waals surface area contributed by atoms with Gasteiger partial charge in [0.1, 0.15) is 0 Å². The number of benzene rings is 2. The van der Waals surface area contributed by atoms with E-state index in [0.717, 1.165) is 23.2 Å². The Morgan fingerprint density at radius 2 is 1.18 bits per heavy atom. The van der Waals surface area contributed by atoms with Gasteiger partial charge in [-0.05, 0) is 41.8 Å². The number of carbonyl (C=O) groups is 3. The van der Waals surface area contributed by atoms with Gasteiger partial charge >= 0.3 is 12.2 Å². The van der Waals surface area contributed by atoms with Gasteiger partial charge in [0.15, 0.2) is 0 Å². The maximum Gasteiger partial charge on any atom is 0.508 e. The van der Waals surface area contributed by atoms with Crippen LogP contribution >= 0.6 is 0 Å². The molecule has 0 aliphatic rings. The lowest BCUT2D eigenvalue weighted by atomic mass is 10.0. The second-order valence-corrected chi connectivity index (χ2v) is 7.16. The molecule has 2 rings (SSSR count). The molecule has 2 aromatic carbocycles. The molecule has 9 heteroatoms. The summed E-state index contributed by atoms with van der Waals surface area (Å²) in [6.07, 6.45) is 0.348. The van der Waals surface area contributed by atoms with Crippen molar-refractivity contribution in [3.05, 3.63) is 59.7 Å². The number of carbonyl (C=O) groups excluding carboxylic acids is 3. The van der Waals surface area contributed by atoms with Crippen LogP contribution < -0.4 is 10.6 Å². The van der Waals surface area contributed by atoms with Gasteiger partial charge in [0.25, 0.3) is 0 Å². The molecule has 0 fully saturated rings. The highest BCUT2D eigenvalue weighted by atomic mass is 16.7. The Hall–Kier alpha value is -3.59. The van der Waals surface area contributed by atoms with E-state index in [9.17, 15) is 14.4 Å². The van der Waals surface area contributed by atoms with Crippen LogP contribution in [-0.2, 0) is 30.2 Å². The summed E-state index contributed by atoms with van der Waals surface area (Å²) in [6, 6.07) is 15.1. The van der Waals surface area contributed by atoms with Gasteiger partial charge < -0.3 is 24.3 Å². The number of rotatable bonds is 12. The highest BCUT2D eigenvalue weighted by Gasteiger charge is 2.06. The van der Waals surface area contributed by atoms with Crippen molar-refractivity contribution in [1.82, 2.24) is 0 Å². The quantitative estimate of drug-likeness (QED) is 0.359. The van der Waals surface area contributed by atoms with Crippen LogP contribution in [0.2, 0.25) is 0 Å². The highest BCUT2D eigenvalue weighted by molar-refractivity contribution is 5.88. The maximum absolute atomic E-state index is 11.9. The maximum atomic E-state index is 11.9. The topological polar surface area (TPSA) is 112 Å². The van der Waals surface area contributed by atoms with Crippen LogP contribution in [0.1, 0.15) is 30.9 Å². The van der Waals surface area contributed by atoms with Crippen molar-refractivity contribution in [2.45, 2.75) is 26.2 Å². The van der Waals surface area contributed by atoms with Gasteiger partial charge in [0, 0.05) is 44.9 Å². The number of anilines is 2. The molecule has 9 nitrogen and oxygen atoms in total. The average molecular weight is 459 g/mol. The molecule has 178 valence electrons. The number of nitrogens with one attached hydrogen (secondary N) is 2. The molecule has 0 atom stereocenters. The van der Waals surface area contributed by atoms with E-state index in [1.165, 1.54) is 6.92 Å². The van der Waals surface area contributed by atoms with Gasteiger partial charge in [-0.3, -0.25) is 10.1 Å². The second-order valence-electron chi connectivity index (χ2n) is 7.16. The van der Waals surface area contributed by atoms with E-state index in [4.69, 9.17) is 18.9 Å². The molecule has 0 aromatic heterocycles. The molecular formula is C24H30N2O7. The Morgan fingerprint density at radius 3 is 1.70 bits per heavy atom. The molecule has 0 heterocycles. The molecule has 2 amide bonds. The van der Waals surface area contributed by atoms with Crippen LogP contribution in [-0.4, -0.2) is 51.7 Å². The first-order valence-electron chi connectivity index (χ1n) is 10.6. The van der Waals surface area contributed by atoms with Crippen molar-refractivity contribution < 1.29 is 33.3 Å². The van der Waals surface area contributed by atoms with E-state index in [-0.39, 0.29) is 25.7 Å². The lowest BCUT2D eigenvalue weighted by Crippen LogP contribution is -2.16. The monoisotopic (exact) mass is 458 g/mol. The van der Waals surface area contributed by atoms with Gasteiger partial charge in [0.2, 0.25) is 5.91 Å². The number of amides is 2. The molecular weight excluding hydrogens is 428 g/mol. The Morgan fingerprint density at radius 1 is 0.697 bits per heavy atom. The summed E-state index contributed by atoms with van der Waals surface area (Å²) in [5.74, 6) is -0.105. The van der Waals surface area contributed by atoms with Crippen LogP contribution in [0.3, 0.4) is 0 Å². The summed E-state index contributed by atoms with van der Waals surface area (Å²) in [6.45, 7) is 2.41. The summed E-state index contributed by atoms with van der Waals surface area (Å²) in [5, 5.41) is 5.39. The van der Waals surface area contributed by atoms with Crippen molar-refractivity contribution in [2.75, 3.05) is 44.2 Å². The zero-order chi connectivity index (χ0) is 23.9. The first kappa shape index (κ1) is 25.7. The van der Waals surface area contributed by atoms with Gasteiger partial charge in [-0.15, -0.1) is 0 Å².